The van der Waals surface area contributed by atoms with Gasteiger partial charge in [-0.2, -0.15) is 0 Å². The van der Waals surface area contributed by atoms with Gasteiger partial charge in [0, 0.05) is 36.5 Å². The first-order chi connectivity index (χ1) is 31.7. The summed E-state index contributed by atoms with van der Waals surface area (Å²) in [7, 11) is 0. The molecule has 6 aliphatic rings. The van der Waals surface area contributed by atoms with Gasteiger partial charge in [-0.05, 0) is 123 Å². The zero-order valence-corrected chi connectivity index (χ0v) is 43.6. The Balaban J connectivity index is 1.18. The van der Waals surface area contributed by atoms with Crippen LogP contribution in [-0.4, -0.2) is 132 Å². The molecule has 0 aromatic heterocycles. The van der Waals surface area contributed by atoms with Crippen LogP contribution in [0.25, 0.3) is 0 Å². The number of aliphatic hydroxyl groups is 5. The summed E-state index contributed by atoms with van der Waals surface area (Å²) in [4.78, 5) is 25.5. The van der Waals surface area contributed by atoms with Gasteiger partial charge in [0.1, 0.15) is 11.7 Å². The molecule has 394 valence electrons. The predicted octanol–water partition coefficient (Wildman–Crippen LogP) is 7.56. The molecule has 6 aliphatic heterocycles. The Morgan fingerprint density at radius 2 is 1.49 bits per heavy atom. The van der Waals surface area contributed by atoms with Crippen LogP contribution in [0.1, 0.15) is 192 Å². The summed E-state index contributed by atoms with van der Waals surface area (Å²) >= 11 is 0. The van der Waals surface area contributed by atoms with E-state index in [9.17, 15) is 40.2 Å². The van der Waals surface area contributed by atoms with Gasteiger partial charge in [-0.15, -0.1) is 0 Å². The molecular weight excluding hydrogens is 877 g/mol. The second kappa shape index (κ2) is 21.5. The van der Waals surface area contributed by atoms with Gasteiger partial charge in [0.15, 0.2) is 17.7 Å². The van der Waals surface area contributed by atoms with E-state index in [1.807, 2.05) is 62.3 Å². The molecule has 0 unspecified atom stereocenters. The SMILES string of the molecule is CCCCCC(=O)O[C@H]([C@@H]1CC[C@@](C)([C@]2(O)O[C@](C)([C@H]3CC[C@@](C)(O)[C@H](CC)O3)C[C@H]2C)O1)[C@]1(O)O[C@H](C[C@@]2(O)O[C@@H]([C@@H](C)[C@H](O)C[C@H]3CC[C@H](C)[C@@H]([C@@H](C)C(=O)O)O3)CC[C@@H]2C)[C@@H](C)C[C@H]1C. The third-order valence-electron chi connectivity index (χ3n) is 18.2. The van der Waals surface area contributed by atoms with Crippen LogP contribution < -0.4 is 0 Å². The Bertz CT molecular complexity index is 1700. The van der Waals surface area contributed by atoms with Crippen molar-refractivity contribution in [3.63, 3.8) is 0 Å². The molecule has 0 radical (unpaired) electrons. The van der Waals surface area contributed by atoms with Gasteiger partial charge < -0.3 is 63.8 Å². The highest BCUT2D eigenvalue weighted by atomic mass is 16.7. The lowest BCUT2D eigenvalue weighted by Crippen LogP contribution is -2.64. The highest BCUT2D eigenvalue weighted by Gasteiger charge is 2.68. The Labute approximate surface area is 407 Å². The van der Waals surface area contributed by atoms with Crippen LogP contribution in [0.4, 0.5) is 0 Å². The van der Waals surface area contributed by atoms with Crippen molar-refractivity contribution in [2.24, 2.45) is 41.4 Å². The Morgan fingerprint density at radius 1 is 0.779 bits per heavy atom. The topological polar surface area (TPSA) is 220 Å². The zero-order chi connectivity index (χ0) is 50.4. The molecule has 0 saturated carbocycles. The molecule has 22 atom stereocenters. The third-order valence-corrected chi connectivity index (χ3v) is 18.2. The van der Waals surface area contributed by atoms with Gasteiger partial charge in [0.25, 0.3) is 0 Å². The average molecular weight is 969 g/mol. The summed E-state index contributed by atoms with van der Waals surface area (Å²) in [6, 6.07) is 0. The maximum absolute atomic E-state index is 13.7. The second-order valence-corrected chi connectivity index (χ2v) is 23.7. The van der Waals surface area contributed by atoms with E-state index in [-0.39, 0.29) is 60.7 Å². The van der Waals surface area contributed by atoms with Gasteiger partial charge in [0.2, 0.25) is 5.79 Å². The molecule has 0 bridgehead atoms. The van der Waals surface area contributed by atoms with Crippen molar-refractivity contribution in [2.45, 2.75) is 281 Å². The molecule has 15 heteroatoms. The minimum Gasteiger partial charge on any atom is -0.481 e. The number of aliphatic hydroxyl groups excluding tert-OH is 1. The number of aliphatic carboxylic acids is 1. The quantitative estimate of drug-likeness (QED) is 0.0577. The number of ether oxygens (including phenoxy) is 7. The standard InChI is InChI=1S/C53H92O15/c1-13-15-16-17-44(55)64-46(40-22-25-50(12,65-40)53(61)34(7)28-49(11,68-53)43-23-24-48(10,58)42(14-2)63-43)52(60)33(6)26-31(4)41(67-52)29-51(59)32(5)19-21-39(66-51)35(8)38(54)27-37-20-18-30(3)45(62-37)36(9)47(56)57/h30-43,45-46,54,58-61H,13-29H2,1-12H3,(H,56,57)/t30-,31-,32-,33+,34+,35-,36+,37+,38+,39+,40-,41+,42-,43+,45-,46+,48+,49-,50-,51+,52+,53+/m0/s1. The number of carbonyl (C=O) groups excluding carboxylic acids is 1. The van der Waals surface area contributed by atoms with Crippen LogP contribution >= 0.6 is 0 Å². The van der Waals surface area contributed by atoms with E-state index in [4.69, 9.17) is 33.2 Å². The molecule has 68 heavy (non-hydrogen) atoms. The third kappa shape index (κ3) is 11.3. The molecule has 6 saturated heterocycles. The van der Waals surface area contributed by atoms with Crippen molar-refractivity contribution in [3.8, 4) is 0 Å². The fourth-order valence-electron chi connectivity index (χ4n) is 13.2. The highest BCUT2D eigenvalue weighted by molar-refractivity contribution is 5.70. The van der Waals surface area contributed by atoms with Crippen LogP contribution in [0, 0.1) is 41.4 Å². The maximum Gasteiger partial charge on any atom is 0.308 e. The molecule has 0 aliphatic carbocycles. The van der Waals surface area contributed by atoms with Gasteiger partial charge in [-0.3, -0.25) is 9.59 Å². The number of hydrogen-bond donors (Lipinski definition) is 6. The lowest BCUT2D eigenvalue weighted by atomic mass is 9.76. The summed E-state index contributed by atoms with van der Waals surface area (Å²) in [6.07, 6.45) is 3.28. The first kappa shape index (κ1) is 55.8. The van der Waals surface area contributed by atoms with Gasteiger partial charge >= 0.3 is 11.9 Å². The largest absolute Gasteiger partial charge is 0.481 e. The number of carbonyl (C=O) groups is 2. The lowest BCUT2D eigenvalue weighted by molar-refractivity contribution is -0.374. The Kier molecular flexibility index (Phi) is 17.7. The number of carboxylic acid groups (broad SMARTS) is 1. The zero-order valence-electron chi connectivity index (χ0n) is 43.6. The average Bonchev–Trinajstić information content (AvgIpc) is 3.79. The summed E-state index contributed by atoms with van der Waals surface area (Å²) in [5, 5.41) is 70.4. The number of carboxylic acids is 1. The smallest absolute Gasteiger partial charge is 0.308 e. The molecule has 0 spiro atoms. The fraction of sp³-hybridized carbons (Fsp3) is 0.962. The molecule has 0 aromatic carbocycles. The predicted molar refractivity (Wildman–Crippen MR) is 253 cm³/mol. The van der Waals surface area contributed by atoms with E-state index in [0.717, 1.165) is 19.3 Å². The Morgan fingerprint density at radius 3 is 2.15 bits per heavy atom. The van der Waals surface area contributed by atoms with E-state index in [2.05, 4.69) is 6.92 Å². The number of rotatable bonds is 18. The maximum atomic E-state index is 13.7. The van der Waals surface area contributed by atoms with Crippen molar-refractivity contribution >= 4 is 11.9 Å². The van der Waals surface area contributed by atoms with Gasteiger partial charge in [-0.25, -0.2) is 0 Å². The molecule has 15 nitrogen and oxygen atoms in total. The van der Waals surface area contributed by atoms with Crippen molar-refractivity contribution in [1.82, 2.24) is 0 Å². The summed E-state index contributed by atoms with van der Waals surface area (Å²) < 4.78 is 46.2. The molecule has 6 heterocycles. The number of unbranched alkanes of at least 4 members (excludes halogenated alkanes) is 2. The van der Waals surface area contributed by atoms with Crippen molar-refractivity contribution in [1.29, 1.82) is 0 Å². The Hall–Kier alpha value is -1.50. The van der Waals surface area contributed by atoms with Crippen molar-refractivity contribution in [3.05, 3.63) is 0 Å². The van der Waals surface area contributed by atoms with Crippen LogP contribution in [0.5, 0.6) is 0 Å². The van der Waals surface area contributed by atoms with Crippen molar-refractivity contribution in [2.75, 3.05) is 0 Å². The van der Waals surface area contributed by atoms with Crippen LogP contribution in [0.2, 0.25) is 0 Å². The normalized spacial score (nSPS) is 47.5. The minimum absolute atomic E-state index is 0.0176. The fourth-order valence-corrected chi connectivity index (χ4v) is 13.2. The number of hydrogen-bond acceptors (Lipinski definition) is 14. The van der Waals surface area contributed by atoms with E-state index < -0.39 is 94.6 Å². The molecule has 6 N–H and O–H groups in total. The monoisotopic (exact) mass is 969 g/mol. The molecular formula is C53H92O15. The molecule has 0 aromatic rings. The first-order valence-electron chi connectivity index (χ1n) is 26.7. The van der Waals surface area contributed by atoms with Gasteiger partial charge in [-0.1, -0.05) is 68.2 Å². The van der Waals surface area contributed by atoms with Crippen LogP contribution in [-0.2, 0) is 42.7 Å². The summed E-state index contributed by atoms with van der Waals surface area (Å²) in [5.41, 5.74) is -3.11. The molecule has 6 fully saturated rings. The highest BCUT2D eigenvalue weighted by Crippen LogP contribution is 2.56. The summed E-state index contributed by atoms with van der Waals surface area (Å²) in [5.74, 6) is -9.17. The summed E-state index contributed by atoms with van der Waals surface area (Å²) in [6.45, 7) is 23.0. The van der Waals surface area contributed by atoms with E-state index in [1.165, 1.54) is 0 Å². The van der Waals surface area contributed by atoms with Crippen LogP contribution in [0.15, 0.2) is 0 Å². The molecule has 6 rings (SSSR count). The van der Waals surface area contributed by atoms with E-state index >= 15 is 0 Å². The van der Waals surface area contributed by atoms with E-state index in [1.54, 1.807) is 13.8 Å². The lowest BCUT2D eigenvalue weighted by Gasteiger charge is -2.52. The van der Waals surface area contributed by atoms with Crippen LogP contribution in [0.3, 0.4) is 0 Å². The van der Waals surface area contributed by atoms with E-state index in [0.29, 0.717) is 77.0 Å². The van der Waals surface area contributed by atoms with Crippen molar-refractivity contribution < 1.29 is 73.4 Å². The number of esters is 1. The first-order valence-corrected chi connectivity index (χ1v) is 26.7. The van der Waals surface area contributed by atoms with Gasteiger partial charge in [0.05, 0.1) is 59.8 Å². The second-order valence-electron chi connectivity index (χ2n) is 23.7. The molecule has 0 amide bonds. The minimum atomic E-state index is -2.04.